The summed E-state index contributed by atoms with van der Waals surface area (Å²) in [6.45, 7) is -0.250. The van der Waals surface area contributed by atoms with Crippen molar-refractivity contribution < 1.29 is 20.1 Å². The molecule has 0 aromatic rings. The maximum Gasteiger partial charge on any atom is 0.314 e. The second kappa shape index (κ2) is 10.8. The average Bonchev–Trinajstić information content (AvgIpc) is 1.89. The van der Waals surface area contributed by atoms with Crippen molar-refractivity contribution in [3.8, 4) is 0 Å². The first-order chi connectivity index (χ1) is 4.18. The third-order valence-corrected chi connectivity index (χ3v) is 0.694. The summed E-state index contributed by atoms with van der Waals surface area (Å²) >= 11 is 2.71. The lowest BCUT2D eigenvalue weighted by Crippen LogP contribution is -1.92. The normalized spacial score (nSPS) is 7.44. The molecular formula is C4H9BrO4. The molecule has 0 aliphatic heterocycles. The van der Waals surface area contributed by atoms with Crippen LogP contribution in [0.15, 0.2) is 0 Å². The first-order valence-electron chi connectivity index (χ1n) is 2.18. The molecule has 0 saturated heterocycles. The van der Waals surface area contributed by atoms with Gasteiger partial charge in [-0.2, -0.15) is 0 Å². The SMILES string of the molecule is O=C(O)CBr.OCCO. The van der Waals surface area contributed by atoms with E-state index in [1.54, 1.807) is 0 Å². The first-order valence-corrected chi connectivity index (χ1v) is 3.30. The van der Waals surface area contributed by atoms with Crippen molar-refractivity contribution >= 4 is 21.9 Å². The van der Waals surface area contributed by atoms with Crippen LogP contribution in [0.1, 0.15) is 0 Å². The smallest absolute Gasteiger partial charge is 0.314 e. The topological polar surface area (TPSA) is 77.8 Å². The number of hydrogen-bond donors (Lipinski definition) is 3. The van der Waals surface area contributed by atoms with Crippen LogP contribution in [-0.4, -0.2) is 39.8 Å². The Balaban J connectivity index is 0. The Morgan fingerprint density at radius 3 is 1.56 bits per heavy atom. The predicted octanol–water partition coefficient (Wildman–Crippen LogP) is -0.563. The lowest BCUT2D eigenvalue weighted by molar-refractivity contribution is -0.133. The van der Waals surface area contributed by atoms with Crippen LogP contribution >= 0.6 is 15.9 Å². The monoisotopic (exact) mass is 200 g/mol. The Hall–Kier alpha value is -0.130. The molecule has 0 aromatic carbocycles. The number of carboxylic acid groups (broad SMARTS) is 1. The molecule has 56 valence electrons. The zero-order valence-electron chi connectivity index (χ0n) is 4.75. The fourth-order valence-corrected chi connectivity index (χ4v) is 0. The van der Waals surface area contributed by atoms with Gasteiger partial charge in [0.2, 0.25) is 0 Å². The minimum absolute atomic E-state index is 0.0347. The Bertz CT molecular complexity index is 63.6. The molecule has 0 saturated carbocycles. The molecule has 0 aromatic heterocycles. The Kier molecular flexibility index (Phi) is 13.9. The molecule has 0 unspecified atom stereocenters. The highest BCUT2D eigenvalue weighted by Gasteiger charge is 1.83. The molecule has 0 radical (unpaired) electrons. The molecule has 0 heterocycles. The molecule has 0 atom stereocenters. The van der Waals surface area contributed by atoms with Gasteiger partial charge in [-0.1, -0.05) is 15.9 Å². The highest BCUT2D eigenvalue weighted by molar-refractivity contribution is 9.09. The van der Waals surface area contributed by atoms with Crippen molar-refractivity contribution in [1.29, 1.82) is 0 Å². The highest BCUT2D eigenvalue weighted by atomic mass is 79.9. The fraction of sp³-hybridized carbons (Fsp3) is 0.750. The van der Waals surface area contributed by atoms with Gasteiger partial charge in [0.15, 0.2) is 0 Å². The van der Waals surface area contributed by atoms with E-state index in [1.165, 1.54) is 0 Å². The van der Waals surface area contributed by atoms with Gasteiger partial charge in [0.05, 0.1) is 13.2 Å². The van der Waals surface area contributed by atoms with E-state index in [9.17, 15) is 4.79 Å². The predicted molar refractivity (Wildman–Crippen MR) is 35.6 cm³/mol. The largest absolute Gasteiger partial charge is 0.481 e. The summed E-state index contributed by atoms with van der Waals surface area (Å²) in [5.41, 5.74) is 0. The number of carbonyl (C=O) groups is 1. The summed E-state index contributed by atoms with van der Waals surface area (Å²) in [5.74, 6) is -0.829. The second-order valence-corrected chi connectivity index (χ2v) is 1.54. The number of hydrogen-bond acceptors (Lipinski definition) is 3. The van der Waals surface area contributed by atoms with Crippen LogP contribution in [0.2, 0.25) is 0 Å². The number of aliphatic hydroxyl groups is 2. The molecular weight excluding hydrogens is 192 g/mol. The van der Waals surface area contributed by atoms with E-state index in [0.717, 1.165) is 0 Å². The lowest BCUT2D eigenvalue weighted by atomic mass is 10.8. The zero-order chi connectivity index (χ0) is 7.70. The van der Waals surface area contributed by atoms with Crippen molar-refractivity contribution in [3.05, 3.63) is 0 Å². The number of rotatable bonds is 2. The number of halogens is 1. The molecule has 0 rings (SSSR count). The Morgan fingerprint density at radius 1 is 1.33 bits per heavy atom. The molecule has 0 aliphatic carbocycles. The van der Waals surface area contributed by atoms with E-state index >= 15 is 0 Å². The van der Waals surface area contributed by atoms with Crippen molar-refractivity contribution in [2.24, 2.45) is 0 Å². The summed E-state index contributed by atoms with van der Waals surface area (Å²) < 4.78 is 0. The summed E-state index contributed by atoms with van der Waals surface area (Å²) in [7, 11) is 0. The van der Waals surface area contributed by atoms with Gasteiger partial charge < -0.3 is 15.3 Å². The Labute approximate surface area is 61.3 Å². The molecule has 0 amide bonds. The third kappa shape index (κ3) is 32.9. The second-order valence-electron chi connectivity index (χ2n) is 0.975. The van der Waals surface area contributed by atoms with E-state index in [4.69, 9.17) is 15.3 Å². The molecule has 0 fully saturated rings. The zero-order valence-corrected chi connectivity index (χ0v) is 6.34. The quantitative estimate of drug-likeness (QED) is 0.523. The van der Waals surface area contributed by atoms with Crippen LogP contribution in [0.4, 0.5) is 0 Å². The molecule has 4 nitrogen and oxygen atoms in total. The summed E-state index contributed by atoms with van der Waals surface area (Å²) in [5, 5.41) is 23.0. The van der Waals surface area contributed by atoms with E-state index in [2.05, 4.69) is 15.9 Å². The molecule has 5 heteroatoms. The fourth-order valence-electron chi connectivity index (χ4n) is 0. The minimum atomic E-state index is -0.829. The van der Waals surface area contributed by atoms with E-state index in [-0.39, 0.29) is 18.5 Å². The van der Waals surface area contributed by atoms with E-state index in [0.29, 0.717) is 0 Å². The molecule has 0 aliphatic rings. The van der Waals surface area contributed by atoms with Gasteiger partial charge >= 0.3 is 5.97 Å². The molecule has 0 bridgehead atoms. The van der Waals surface area contributed by atoms with Crippen molar-refractivity contribution in [1.82, 2.24) is 0 Å². The van der Waals surface area contributed by atoms with Gasteiger partial charge in [0, 0.05) is 0 Å². The van der Waals surface area contributed by atoms with Crippen molar-refractivity contribution in [2.75, 3.05) is 18.5 Å². The molecule has 3 N–H and O–H groups in total. The number of alkyl halides is 1. The van der Waals surface area contributed by atoms with Crippen LogP contribution in [-0.2, 0) is 4.79 Å². The van der Waals surface area contributed by atoms with Gasteiger partial charge in [0.25, 0.3) is 0 Å². The summed E-state index contributed by atoms with van der Waals surface area (Å²) in [6, 6.07) is 0. The minimum Gasteiger partial charge on any atom is -0.481 e. The number of aliphatic carboxylic acids is 1. The van der Waals surface area contributed by atoms with E-state index in [1.807, 2.05) is 0 Å². The highest BCUT2D eigenvalue weighted by Crippen LogP contribution is 1.73. The van der Waals surface area contributed by atoms with Crippen molar-refractivity contribution in [2.45, 2.75) is 0 Å². The number of aliphatic hydroxyl groups excluding tert-OH is 2. The van der Waals surface area contributed by atoms with Gasteiger partial charge in [-0.3, -0.25) is 4.79 Å². The van der Waals surface area contributed by atoms with Crippen LogP contribution in [0.3, 0.4) is 0 Å². The first kappa shape index (κ1) is 11.6. The van der Waals surface area contributed by atoms with Crippen molar-refractivity contribution in [3.63, 3.8) is 0 Å². The maximum absolute atomic E-state index is 9.32. The van der Waals surface area contributed by atoms with Gasteiger partial charge in [0.1, 0.15) is 5.33 Å². The standard InChI is InChI=1S/C2H3BrO2.C2H6O2/c3-1-2(4)5;3-1-2-4/h1H2,(H,4,5);3-4H,1-2H2. The summed E-state index contributed by atoms with van der Waals surface area (Å²) in [6.07, 6.45) is 0. The van der Waals surface area contributed by atoms with Gasteiger partial charge in [-0.05, 0) is 0 Å². The summed E-state index contributed by atoms with van der Waals surface area (Å²) in [4.78, 5) is 9.32. The lowest BCUT2D eigenvalue weighted by Gasteiger charge is -1.70. The third-order valence-electron chi connectivity index (χ3n) is 0.214. The molecule has 0 spiro atoms. The molecule has 9 heavy (non-hydrogen) atoms. The van der Waals surface area contributed by atoms with Gasteiger partial charge in [-0.15, -0.1) is 0 Å². The van der Waals surface area contributed by atoms with Crippen LogP contribution in [0, 0.1) is 0 Å². The maximum atomic E-state index is 9.32. The van der Waals surface area contributed by atoms with E-state index < -0.39 is 5.97 Å². The van der Waals surface area contributed by atoms with Crippen LogP contribution in [0.25, 0.3) is 0 Å². The van der Waals surface area contributed by atoms with Crippen LogP contribution in [0.5, 0.6) is 0 Å². The number of carboxylic acids is 1. The van der Waals surface area contributed by atoms with Gasteiger partial charge in [-0.25, -0.2) is 0 Å². The Morgan fingerprint density at radius 2 is 1.56 bits per heavy atom. The average molecular weight is 201 g/mol. The van der Waals surface area contributed by atoms with Crippen LogP contribution < -0.4 is 0 Å².